The summed E-state index contributed by atoms with van der Waals surface area (Å²) >= 11 is 12.4. The molecule has 0 aromatic heterocycles. The minimum Gasteiger partial charge on any atom is -0.481 e. The number of halogens is 1. The Morgan fingerprint density at radius 3 is 2.30 bits per heavy atom. The van der Waals surface area contributed by atoms with E-state index in [1.54, 1.807) is 0 Å². The van der Waals surface area contributed by atoms with Gasteiger partial charge in [0.15, 0.2) is 0 Å². The number of carboxylic acids is 1. The van der Waals surface area contributed by atoms with Gasteiger partial charge in [0, 0.05) is 18.0 Å². The van der Waals surface area contributed by atoms with Crippen molar-refractivity contribution in [3.05, 3.63) is 64.0 Å². The van der Waals surface area contributed by atoms with Crippen LogP contribution in [-0.2, 0) is 9.59 Å². The van der Waals surface area contributed by atoms with E-state index in [4.69, 9.17) is 28.9 Å². The summed E-state index contributed by atoms with van der Waals surface area (Å²) in [6, 6.07) is 15.5. The Kier molecular flexibility index (Phi) is 6.31. The third-order valence-electron chi connectivity index (χ3n) is 4.03. The van der Waals surface area contributed by atoms with Crippen molar-refractivity contribution >= 4 is 57.9 Å². The van der Waals surface area contributed by atoms with Gasteiger partial charge in [-0.2, -0.15) is 0 Å². The lowest BCUT2D eigenvalue weighted by atomic mass is 10.0. The highest BCUT2D eigenvalue weighted by Gasteiger charge is 2.31. The summed E-state index contributed by atoms with van der Waals surface area (Å²) in [5.74, 6) is -1.05. The van der Waals surface area contributed by atoms with Crippen LogP contribution in [0.15, 0.2) is 53.4 Å². The first-order valence-electron chi connectivity index (χ1n) is 8.27. The van der Waals surface area contributed by atoms with E-state index in [2.05, 4.69) is 0 Å². The molecule has 2 aromatic rings. The zero-order chi connectivity index (χ0) is 19.4. The minimum atomic E-state index is -0.878. The largest absolute Gasteiger partial charge is 0.481 e. The fourth-order valence-electron chi connectivity index (χ4n) is 2.65. The summed E-state index contributed by atoms with van der Waals surface area (Å²) in [7, 11) is 0. The summed E-state index contributed by atoms with van der Waals surface area (Å²) in [6.07, 6.45) is 2.20. The summed E-state index contributed by atoms with van der Waals surface area (Å²) in [5, 5.41) is 9.42. The molecule has 1 fully saturated rings. The number of benzene rings is 2. The normalized spacial score (nSPS) is 15.6. The lowest BCUT2D eigenvalue weighted by Gasteiger charge is -2.13. The minimum absolute atomic E-state index is 0.0161. The smallest absolute Gasteiger partial charge is 0.303 e. The van der Waals surface area contributed by atoms with Crippen LogP contribution in [0.1, 0.15) is 18.4 Å². The maximum Gasteiger partial charge on any atom is 0.303 e. The van der Waals surface area contributed by atoms with E-state index >= 15 is 0 Å². The number of nitrogens with zero attached hydrogens (tertiary/aromatic N) is 1. The maximum absolute atomic E-state index is 12.5. The fraction of sp³-hybridized carbons (Fsp3) is 0.150. The first-order chi connectivity index (χ1) is 12.9. The molecule has 0 atom stereocenters. The molecule has 0 aliphatic carbocycles. The number of amides is 1. The molecule has 4 nitrogen and oxygen atoms in total. The van der Waals surface area contributed by atoms with Crippen LogP contribution in [0.2, 0.25) is 5.02 Å². The number of thioether (sulfide) groups is 1. The summed E-state index contributed by atoms with van der Waals surface area (Å²) in [6.45, 7) is 0.323. The molecule has 0 bridgehead atoms. The van der Waals surface area contributed by atoms with E-state index in [9.17, 15) is 9.59 Å². The first kappa shape index (κ1) is 19.6. The number of hydrogen-bond donors (Lipinski definition) is 1. The Morgan fingerprint density at radius 2 is 1.70 bits per heavy atom. The van der Waals surface area contributed by atoms with Crippen molar-refractivity contribution in [1.29, 1.82) is 0 Å². The molecular weight excluding hydrogens is 402 g/mol. The topological polar surface area (TPSA) is 57.6 Å². The van der Waals surface area contributed by atoms with Crippen molar-refractivity contribution in [3.8, 4) is 11.1 Å². The van der Waals surface area contributed by atoms with Gasteiger partial charge in [0.25, 0.3) is 5.91 Å². The molecule has 0 radical (unpaired) electrons. The highest BCUT2D eigenvalue weighted by atomic mass is 35.5. The van der Waals surface area contributed by atoms with Crippen molar-refractivity contribution < 1.29 is 14.7 Å². The SMILES string of the molecule is O=C(O)CCCN1C(=O)/C(=C/c2ccc(-c3ccc(Cl)cc3)cc2)SC1=S. The Bertz CT molecular complexity index is 908. The molecule has 0 spiro atoms. The van der Waals surface area contributed by atoms with Gasteiger partial charge in [0.1, 0.15) is 4.32 Å². The van der Waals surface area contributed by atoms with E-state index in [0.717, 1.165) is 16.7 Å². The average molecular weight is 418 g/mol. The molecule has 1 amide bonds. The summed E-state index contributed by atoms with van der Waals surface area (Å²) in [4.78, 5) is 25.2. The predicted molar refractivity (Wildman–Crippen MR) is 114 cm³/mol. The van der Waals surface area contributed by atoms with Crippen molar-refractivity contribution in [2.75, 3.05) is 6.54 Å². The Morgan fingerprint density at radius 1 is 1.11 bits per heavy atom. The van der Waals surface area contributed by atoms with Crippen LogP contribution in [-0.4, -0.2) is 32.7 Å². The van der Waals surface area contributed by atoms with E-state index in [-0.39, 0.29) is 12.3 Å². The molecule has 0 saturated carbocycles. The standard InChI is InChI=1S/C20H16ClNO3S2/c21-16-9-7-15(8-10-16)14-5-3-13(4-6-14)12-17-19(25)22(20(26)27-17)11-1-2-18(23)24/h3-10,12H,1-2,11H2,(H,23,24)/b17-12-. The van der Waals surface area contributed by atoms with Crippen LogP contribution < -0.4 is 0 Å². The molecular formula is C20H16ClNO3S2. The Hall–Kier alpha value is -2.15. The molecule has 2 aromatic carbocycles. The molecule has 1 aliphatic rings. The molecule has 1 aliphatic heterocycles. The van der Waals surface area contributed by atoms with Gasteiger partial charge < -0.3 is 5.11 Å². The van der Waals surface area contributed by atoms with Crippen LogP contribution in [0, 0.1) is 0 Å². The molecule has 1 heterocycles. The van der Waals surface area contributed by atoms with Crippen LogP contribution in [0.5, 0.6) is 0 Å². The quantitative estimate of drug-likeness (QED) is 0.525. The first-order valence-corrected chi connectivity index (χ1v) is 9.87. The van der Waals surface area contributed by atoms with Crippen molar-refractivity contribution in [1.82, 2.24) is 4.90 Å². The lowest BCUT2D eigenvalue weighted by Crippen LogP contribution is -2.29. The number of carbonyl (C=O) groups excluding carboxylic acids is 1. The van der Waals surface area contributed by atoms with Gasteiger partial charge in [-0.3, -0.25) is 14.5 Å². The number of carboxylic acid groups (broad SMARTS) is 1. The Balaban J connectivity index is 1.71. The second-order valence-electron chi connectivity index (χ2n) is 5.96. The number of rotatable bonds is 6. The molecule has 1 N–H and O–H groups in total. The lowest BCUT2D eigenvalue weighted by molar-refractivity contribution is -0.137. The van der Waals surface area contributed by atoms with Crippen LogP contribution in [0.4, 0.5) is 0 Å². The monoisotopic (exact) mass is 417 g/mol. The molecule has 27 heavy (non-hydrogen) atoms. The zero-order valence-electron chi connectivity index (χ0n) is 14.2. The van der Waals surface area contributed by atoms with E-state index in [1.807, 2.05) is 54.6 Å². The Labute approximate surface area is 171 Å². The van der Waals surface area contributed by atoms with Gasteiger partial charge in [-0.25, -0.2) is 0 Å². The third-order valence-corrected chi connectivity index (χ3v) is 5.66. The van der Waals surface area contributed by atoms with Gasteiger partial charge in [-0.15, -0.1) is 0 Å². The second kappa shape index (κ2) is 8.69. The number of carbonyl (C=O) groups is 2. The van der Waals surface area contributed by atoms with Crippen molar-refractivity contribution in [2.24, 2.45) is 0 Å². The summed E-state index contributed by atoms with van der Waals surface area (Å²) < 4.78 is 0.467. The van der Waals surface area contributed by atoms with Gasteiger partial charge in [-0.05, 0) is 41.3 Å². The van der Waals surface area contributed by atoms with Crippen LogP contribution in [0.3, 0.4) is 0 Å². The predicted octanol–water partition coefficient (Wildman–Crippen LogP) is 5.07. The van der Waals surface area contributed by atoms with Crippen LogP contribution in [0.25, 0.3) is 17.2 Å². The highest BCUT2D eigenvalue weighted by molar-refractivity contribution is 8.26. The fourth-order valence-corrected chi connectivity index (χ4v) is 4.08. The van der Waals surface area contributed by atoms with E-state index in [1.165, 1.54) is 16.7 Å². The number of hydrogen-bond acceptors (Lipinski definition) is 4. The number of aliphatic carboxylic acids is 1. The van der Waals surface area contributed by atoms with Gasteiger partial charge in [0.05, 0.1) is 4.91 Å². The molecule has 7 heteroatoms. The molecule has 0 unspecified atom stereocenters. The summed E-state index contributed by atoms with van der Waals surface area (Å²) in [5.41, 5.74) is 3.03. The highest BCUT2D eigenvalue weighted by Crippen LogP contribution is 2.33. The van der Waals surface area contributed by atoms with Gasteiger partial charge in [0.2, 0.25) is 0 Å². The second-order valence-corrected chi connectivity index (χ2v) is 8.07. The van der Waals surface area contributed by atoms with E-state index in [0.29, 0.717) is 27.2 Å². The molecule has 138 valence electrons. The molecule has 1 saturated heterocycles. The van der Waals surface area contributed by atoms with Gasteiger partial charge >= 0.3 is 5.97 Å². The number of thiocarbonyl (C=S) groups is 1. The van der Waals surface area contributed by atoms with Crippen molar-refractivity contribution in [2.45, 2.75) is 12.8 Å². The zero-order valence-corrected chi connectivity index (χ0v) is 16.6. The maximum atomic E-state index is 12.5. The van der Waals surface area contributed by atoms with E-state index < -0.39 is 5.97 Å². The molecule has 3 rings (SSSR count). The average Bonchev–Trinajstić information content (AvgIpc) is 2.90. The van der Waals surface area contributed by atoms with Gasteiger partial charge in [-0.1, -0.05) is 72.0 Å². The van der Waals surface area contributed by atoms with Crippen LogP contribution >= 0.6 is 35.6 Å². The van der Waals surface area contributed by atoms with Crippen molar-refractivity contribution in [3.63, 3.8) is 0 Å². The third kappa shape index (κ3) is 4.97.